The molecule has 5 aromatic rings. The van der Waals surface area contributed by atoms with Crippen LogP contribution in [0.5, 0.6) is 28.7 Å². The number of fused-ring (bicyclic) bond motifs is 8. The van der Waals surface area contributed by atoms with E-state index in [-0.39, 0.29) is 69.9 Å². The van der Waals surface area contributed by atoms with E-state index in [0.717, 1.165) is 27.8 Å². The van der Waals surface area contributed by atoms with E-state index in [1.54, 1.807) is 24.3 Å². The Morgan fingerprint density at radius 2 is 0.825 bits per heavy atom. The van der Waals surface area contributed by atoms with Gasteiger partial charge in [0.1, 0.15) is 34.8 Å². The van der Waals surface area contributed by atoms with Gasteiger partial charge in [-0.25, -0.2) is 0 Å². The molecule has 5 N–H and O–H groups in total. The summed E-state index contributed by atoms with van der Waals surface area (Å²) in [4.78, 5) is 19.3. The Bertz CT molecular complexity index is 2380. The lowest BCUT2D eigenvalue weighted by Crippen LogP contribution is -2.42. The van der Waals surface area contributed by atoms with E-state index in [1.807, 2.05) is 53.4 Å². The quantitative estimate of drug-likeness (QED) is 0.110. The lowest BCUT2D eigenvalue weighted by molar-refractivity contribution is -0.147. The van der Waals surface area contributed by atoms with Crippen molar-refractivity contribution >= 4 is 41.3 Å². The summed E-state index contributed by atoms with van der Waals surface area (Å²) in [6.45, 7) is 25.4. The predicted octanol–water partition coefficient (Wildman–Crippen LogP) is 13.0. The molecule has 0 saturated heterocycles. The molecule has 1 aliphatic rings. The van der Waals surface area contributed by atoms with Gasteiger partial charge in [0.05, 0.1) is 36.5 Å². The number of carbonyl (C=O) groups excluding carboxylic acids is 1. The number of ether oxygens (including phenoxy) is 1. The molecule has 0 aromatic heterocycles. The molecule has 6 rings (SSSR count). The van der Waals surface area contributed by atoms with Gasteiger partial charge in [-0.3, -0.25) is 9.69 Å². The van der Waals surface area contributed by atoms with E-state index in [1.165, 1.54) is 42.4 Å². The van der Waals surface area contributed by atoms with Crippen molar-refractivity contribution in [2.75, 3.05) is 7.11 Å². The maximum Gasteiger partial charge on any atom is 0.323 e. The van der Waals surface area contributed by atoms with E-state index >= 15 is 0 Å². The fourth-order valence-electron chi connectivity index (χ4n) is 7.36. The smallest absolute Gasteiger partial charge is 0.323 e. The molecule has 1 aliphatic heterocycles. The van der Waals surface area contributed by atoms with Crippen LogP contribution in [0.2, 0.25) is 0 Å². The third-order valence-corrected chi connectivity index (χ3v) is 14.7. The maximum absolute atomic E-state index is 14.1. The molecule has 0 aliphatic carbocycles. The van der Waals surface area contributed by atoms with Crippen molar-refractivity contribution in [3.8, 4) is 28.7 Å². The van der Waals surface area contributed by atoms with Crippen molar-refractivity contribution < 1.29 is 35.1 Å². The summed E-state index contributed by atoms with van der Waals surface area (Å²) in [5.74, 6) is -0.339. The highest BCUT2D eigenvalue weighted by Crippen LogP contribution is 2.53. The standard InChI is InChI=1S/C52H63NO7S3/c1-49(2,3)32-19-30-27-53(37(48(59)60-13)18-29-14-16-36(54)17-15-29)28-31-20-33(50(4,5)6)22-39(45(31)56)62-41-24-35(52(10,11)12)26-43(47(41)58)63-42-25-34(51(7,8)9)23-40(46(42)57)61-38(21-32)44(30)55/h14-17,19-26,37,54-58H,18,27-28H2,1-13H3. The number of benzene rings is 5. The minimum atomic E-state index is -0.894. The van der Waals surface area contributed by atoms with Crippen molar-refractivity contribution in [3.05, 3.63) is 112 Å². The number of phenols is 5. The second-order valence-electron chi connectivity index (χ2n) is 20.7. The summed E-state index contributed by atoms with van der Waals surface area (Å²) in [5.41, 5.74) is 4.35. The van der Waals surface area contributed by atoms with Gasteiger partial charge in [0.15, 0.2) is 0 Å². The van der Waals surface area contributed by atoms with Gasteiger partial charge < -0.3 is 30.3 Å². The first-order valence-corrected chi connectivity index (χ1v) is 23.7. The Hall–Kier alpha value is -4.42. The van der Waals surface area contributed by atoms with Crippen LogP contribution >= 0.6 is 35.3 Å². The number of hydrogen-bond acceptors (Lipinski definition) is 11. The third-order valence-electron chi connectivity index (χ3n) is 11.5. The van der Waals surface area contributed by atoms with E-state index in [4.69, 9.17) is 4.74 Å². The average molecular weight is 910 g/mol. The Labute approximate surface area is 386 Å². The van der Waals surface area contributed by atoms with Gasteiger partial charge in [-0.15, -0.1) is 0 Å². The fourth-order valence-corrected chi connectivity index (χ4v) is 10.6. The first kappa shape index (κ1) is 48.0. The van der Waals surface area contributed by atoms with Crippen LogP contribution in [0, 0.1) is 0 Å². The van der Waals surface area contributed by atoms with Gasteiger partial charge in [0, 0.05) is 24.2 Å². The molecule has 1 atom stereocenters. The number of nitrogens with zero attached hydrogens (tertiary/aromatic N) is 1. The predicted molar refractivity (Wildman–Crippen MR) is 256 cm³/mol. The van der Waals surface area contributed by atoms with Crippen LogP contribution in [0.4, 0.5) is 0 Å². The van der Waals surface area contributed by atoms with E-state index < -0.39 is 12.0 Å². The fraction of sp³-hybridized carbons (Fsp3) is 0.404. The molecule has 0 fully saturated rings. The lowest BCUT2D eigenvalue weighted by Gasteiger charge is -2.32. The van der Waals surface area contributed by atoms with Crippen LogP contribution in [0.1, 0.15) is 122 Å². The molecule has 8 bridgehead atoms. The zero-order valence-electron chi connectivity index (χ0n) is 38.9. The summed E-state index contributed by atoms with van der Waals surface area (Å²) in [6, 6.07) is 21.6. The van der Waals surface area contributed by atoms with Gasteiger partial charge in [-0.2, -0.15) is 0 Å². The van der Waals surface area contributed by atoms with Gasteiger partial charge in [-0.05, 0) is 104 Å². The summed E-state index contributed by atoms with van der Waals surface area (Å²) < 4.78 is 5.49. The number of phenolic OH excluding ortho intramolecular Hbond substituents is 5. The van der Waals surface area contributed by atoms with E-state index in [2.05, 4.69) is 83.1 Å². The van der Waals surface area contributed by atoms with Gasteiger partial charge in [0.2, 0.25) is 0 Å². The third kappa shape index (κ3) is 10.9. The maximum atomic E-state index is 14.1. The van der Waals surface area contributed by atoms with Crippen molar-refractivity contribution in [1.29, 1.82) is 0 Å². The number of methoxy groups -OCH3 is 1. The molecule has 336 valence electrons. The average Bonchev–Trinajstić information content (AvgIpc) is 3.17. The first-order valence-electron chi connectivity index (χ1n) is 21.2. The molecule has 11 heteroatoms. The normalized spacial score (nSPS) is 14.7. The largest absolute Gasteiger partial charge is 0.508 e. The minimum absolute atomic E-state index is 0.00574. The first-order chi connectivity index (χ1) is 29.1. The van der Waals surface area contributed by atoms with Crippen molar-refractivity contribution in [2.45, 2.75) is 160 Å². The minimum Gasteiger partial charge on any atom is -0.508 e. The van der Waals surface area contributed by atoms with Gasteiger partial charge in [-0.1, -0.05) is 143 Å². The van der Waals surface area contributed by atoms with Gasteiger partial charge >= 0.3 is 5.97 Å². The van der Waals surface area contributed by atoms with Crippen molar-refractivity contribution in [3.63, 3.8) is 0 Å². The molecule has 0 spiro atoms. The molecule has 5 aromatic carbocycles. The van der Waals surface area contributed by atoms with Crippen LogP contribution < -0.4 is 0 Å². The number of hydrogen-bond donors (Lipinski definition) is 5. The Balaban J connectivity index is 1.71. The highest BCUT2D eigenvalue weighted by molar-refractivity contribution is 8.01. The Kier molecular flexibility index (Phi) is 13.6. The molecule has 1 unspecified atom stereocenters. The molecule has 0 amide bonds. The van der Waals surface area contributed by atoms with Crippen LogP contribution in [0.15, 0.2) is 102 Å². The number of esters is 1. The van der Waals surface area contributed by atoms with E-state index in [0.29, 0.717) is 40.5 Å². The second-order valence-corrected chi connectivity index (χ2v) is 24.0. The van der Waals surface area contributed by atoms with Crippen molar-refractivity contribution in [2.24, 2.45) is 0 Å². The highest BCUT2D eigenvalue weighted by atomic mass is 32.2. The second kappa shape index (κ2) is 17.9. The number of aromatic hydroxyl groups is 5. The number of rotatable bonds is 4. The topological polar surface area (TPSA) is 131 Å². The summed E-state index contributed by atoms with van der Waals surface area (Å²) >= 11 is 3.83. The molecule has 1 heterocycles. The zero-order valence-corrected chi connectivity index (χ0v) is 41.3. The SMILES string of the molecule is COC(=O)C(Cc1ccc(O)cc1)N1Cc2cc(C(C)(C)C)cc(c2O)Sc2cc(C(C)(C)C)cc(c2O)Sc2cc(C(C)(C)C)cc(c2O)Sc2cc(C(C)(C)C)cc(c2O)C1. The van der Waals surface area contributed by atoms with Gasteiger partial charge in [0.25, 0.3) is 0 Å². The van der Waals surface area contributed by atoms with Crippen LogP contribution in [-0.2, 0) is 50.7 Å². The summed E-state index contributed by atoms with van der Waals surface area (Å²) in [5, 5.41) is 59.4. The number of carbonyl (C=O) groups is 1. The van der Waals surface area contributed by atoms with Crippen LogP contribution in [0.25, 0.3) is 0 Å². The highest BCUT2D eigenvalue weighted by Gasteiger charge is 2.33. The van der Waals surface area contributed by atoms with E-state index in [9.17, 15) is 30.3 Å². The Morgan fingerprint density at radius 1 is 0.524 bits per heavy atom. The summed E-state index contributed by atoms with van der Waals surface area (Å²) in [6.07, 6.45) is 0.208. The molecule has 0 radical (unpaired) electrons. The van der Waals surface area contributed by atoms with Crippen LogP contribution in [0.3, 0.4) is 0 Å². The molecule has 8 nitrogen and oxygen atoms in total. The molecule has 63 heavy (non-hydrogen) atoms. The lowest BCUT2D eigenvalue weighted by atomic mass is 9.85. The molecule has 0 saturated carbocycles. The summed E-state index contributed by atoms with van der Waals surface area (Å²) in [7, 11) is 1.35. The monoisotopic (exact) mass is 909 g/mol. The Morgan fingerprint density at radius 3 is 1.13 bits per heavy atom. The zero-order chi connectivity index (χ0) is 46.6. The molecular formula is C52H63NO7S3. The van der Waals surface area contributed by atoms with Crippen LogP contribution in [-0.4, -0.2) is 49.6 Å². The molecular weight excluding hydrogens is 847 g/mol. The van der Waals surface area contributed by atoms with Crippen molar-refractivity contribution in [1.82, 2.24) is 4.90 Å².